The highest BCUT2D eigenvalue weighted by Gasteiger charge is 2.50. The van der Waals surface area contributed by atoms with Crippen molar-refractivity contribution in [3.63, 3.8) is 0 Å². The zero-order valence-electron chi connectivity index (χ0n) is 20.3. The Balaban J connectivity index is 1.18. The van der Waals surface area contributed by atoms with Gasteiger partial charge in [-0.05, 0) is 74.4 Å². The van der Waals surface area contributed by atoms with Crippen molar-refractivity contribution in [2.24, 2.45) is 22.9 Å². The molecule has 5 rings (SSSR count). The molecule has 0 radical (unpaired) electrons. The molecular weight excluding hydrogens is 474 g/mol. The molecule has 2 bridgehead atoms. The van der Waals surface area contributed by atoms with Gasteiger partial charge in [-0.1, -0.05) is 24.1 Å². The average molecular weight is 502 g/mol. The van der Waals surface area contributed by atoms with Crippen LogP contribution in [0.5, 0.6) is 0 Å². The Hall–Kier alpha value is -4.34. The Labute approximate surface area is 213 Å². The van der Waals surface area contributed by atoms with Crippen molar-refractivity contribution in [1.82, 2.24) is 15.6 Å². The minimum Gasteiger partial charge on any atom is -0.322 e. The molecular formula is C27H27N5O5. The highest BCUT2D eigenvalue weighted by atomic mass is 16.2. The molecule has 190 valence electrons. The van der Waals surface area contributed by atoms with Gasteiger partial charge in [-0.3, -0.25) is 29.4 Å². The second kappa shape index (κ2) is 9.96. The fraction of sp³-hybridized carbons (Fsp3) is 0.333. The lowest BCUT2D eigenvalue weighted by Crippen LogP contribution is -2.62. The number of hydrogen-bond acceptors (Lipinski definition) is 6. The van der Waals surface area contributed by atoms with Crippen molar-refractivity contribution in [2.75, 3.05) is 5.32 Å². The van der Waals surface area contributed by atoms with Crippen LogP contribution in [0.15, 0.2) is 53.6 Å². The number of hydrogen-bond donors (Lipinski definition) is 3. The highest BCUT2D eigenvalue weighted by molar-refractivity contribution is 6.23. The first-order chi connectivity index (χ1) is 17.8. The average Bonchev–Trinajstić information content (AvgIpc) is 3.50. The minimum absolute atomic E-state index is 0.199. The van der Waals surface area contributed by atoms with E-state index in [-0.39, 0.29) is 23.4 Å². The molecule has 2 aromatic rings. The molecule has 4 atom stereocenters. The number of nitrogens with zero attached hydrogens (tertiary/aromatic N) is 2. The van der Waals surface area contributed by atoms with Gasteiger partial charge in [0.25, 0.3) is 11.8 Å². The molecule has 0 aromatic heterocycles. The van der Waals surface area contributed by atoms with Crippen molar-refractivity contribution in [1.29, 1.82) is 0 Å². The third kappa shape index (κ3) is 5.00. The molecule has 2 aromatic carbocycles. The van der Waals surface area contributed by atoms with Crippen LogP contribution in [0.4, 0.5) is 10.5 Å². The first-order valence-electron chi connectivity index (χ1n) is 12.3. The van der Waals surface area contributed by atoms with Crippen molar-refractivity contribution in [3.05, 3.63) is 65.2 Å². The Kier molecular flexibility index (Phi) is 6.56. The zero-order valence-corrected chi connectivity index (χ0v) is 20.3. The number of barbiturate groups is 1. The lowest BCUT2D eigenvalue weighted by molar-refractivity contribution is -0.141. The monoisotopic (exact) mass is 501 g/mol. The third-order valence-corrected chi connectivity index (χ3v) is 7.34. The van der Waals surface area contributed by atoms with Crippen LogP contribution in [-0.4, -0.2) is 46.8 Å². The van der Waals surface area contributed by atoms with Crippen LogP contribution in [0, 0.1) is 24.7 Å². The number of hydrazone groups is 1. The number of aryl methyl sites for hydroxylation is 1. The summed E-state index contributed by atoms with van der Waals surface area (Å²) in [6.45, 7) is 1.90. The maximum Gasteiger partial charge on any atom is 0.331 e. The molecule has 3 N–H and O–H groups in total. The van der Waals surface area contributed by atoms with E-state index in [0.717, 1.165) is 37.5 Å². The van der Waals surface area contributed by atoms with Crippen LogP contribution in [0.1, 0.15) is 52.0 Å². The molecule has 6 amide bonds. The second-order valence-electron chi connectivity index (χ2n) is 9.84. The van der Waals surface area contributed by atoms with Gasteiger partial charge < -0.3 is 5.32 Å². The lowest BCUT2D eigenvalue weighted by Gasteiger charge is -2.36. The maximum absolute atomic E-state index is 13.0. The van der Waals surface area contributed by atoms with E-state index >= 15 is 0 Å². The standard InChI is InChI=1S/C27H27N5O5/c1-15-3-2-4-19(11-15)23(33)29-20-9-7-17(8-10-20)24(34)31-28-14-21-25(35)30-27(37)32(26(21)36)22-13-16-5-6-18(22)12-16/h2-4,7-11,14,16,18,21-22H,5-6,12-13H2,1H3,(H,29,33)(H,31,34)(H,30,35,37)/b28-14-/t16-,18-,21+,22+/m0/s1. The van der Waals surface area contributed by atoms with Crippen molar-refractivity contribution >= 4 is 41.6 Å². The summed E-state index contributed by atoms with van der Waals surface area (Å²) >= 11 is 0. The summed E-state index contributed by atoms with van der Waals surface area (Å²) in [6, 6.07) is 12.5. The number of nitrogens with one attached hydrogen (secondary N) is 3. The van der Waals surface area contributed by atoms with Crippen molar-refractivity contribution in [2.45, 2.75) is 38.6 Å². The summed E-state index contributed by atoms with van der Waals surface area (Å²) in [5.74, 6) is -2.71. The normalized spacial score (nSPS) is 24.9. The summed E-state index contributed by atoms with van der Waals surface area (Å²) in [5.41, 5.74) is 4.59. The van der Waals surface area contributed by atoms with Gasteiger partial charge in [0.1, 0.15) is 0 Å². The van der Waals surface area contributed by atoms with Gasteiger partial charge in [0.05, 0.1) is 0 Å². The van der Waals surface area contributed by atoms with E-state index in [1.807, 2.05) is 13.0 Å². The molecule has 0 unspecified atom stereocenters. The van der Waals surface area contributed by atoms with Gasteiger partial charge in [-0.2, -0.15) is 5.10 Å². The van der Waals surface area contributed by atoms with E-state index in [0.29, 0.717) is 17.2 Å². The third-order valence-electron chi connectivity index (χ3n) is 7.34. The zero-order chi connectivity index (χ0) is 26.1. The van der Waals surface area contributed by atoms with Crippen LogP contribution in [-0.2, 0) is 9.59 Å². The van der Waals surface area contributed by atoms with E-state index < -0.39 is 29.7 Å². The molecule has 37 heavy (non-hydrogen) atoms. The van der Waals surface area contributed by atoms with Crippen molar-refractivity contribution in [3.8, 4) is 0 Å². The fourth-order valence-electron chi connectivity index (χ4n) is 5.51. The number of imide groups is 2. The van der Waals surface area contributed by atoms with E-state index in [2.05, 4.69) is 21.2 Å². The number of anilines is 1. The largest absolute Gasteiger partial charge is 0.331 e. The predicted octanol–water partition coefficient (Wildman–Crippen LogP) is 2.85. The molecule has 10 nitrogen and oxygen atoms in total. The van der Waals surface area contributed by atoms with Crippen molar-refractivity contribution < 1.29 is 24.0 Å². The fourth-order valence-corrected chi connectivity index (χ4v) is 5.51. The molecule has 1 saturated heterocycles. The molecule has 1 heterocycles. The molecule has 3 aliphatic rings. The Morgan fingerprint density at radius 2 is 1.78 bits per heavy atom. The summed E-state index contributed by atoms with van der Waals surface area (Å²) < 4.78 is 0. The van der Waals surface area contributed by atoms with Gasteiger partial charge in [-0.15, -0.1) is 0 Å². The van der Waals surface area contributed by atoms with Gasteiger partial charge in [0.15, 0.2) is 5.92 Å². The summed E-state index contributed by atoms with van der Waals surface area (Å²) in [7, 11) is 0. The molecule has 3 fully saturated rings. The predicted molar refractivity (Wildman–Crippen MR) is 135 cm³/mol. The quantitative estimate of drug-likeness (QED) is 0.318. The summed E-state index contributed by atoms with van der Waals surface area (Å²) in [4.78, 5) is 63.8. The number of carbonyl (C=O) groups excluding carboxylic acids is 5. The number of amides is 6. The number of fused-ring (bicyclic) bond motifs is 2. The van der Waals surface area contributed by atoms with Crippen LogP contribution in [0.3, 0.4) is 0 Å². The molecule has 2 saturated carbocycles. The SMILES string of the molecule is Cc1cccc(C(=O)Nc2ccc(C(=O)N/N=C\[C@@H]3C(=O)NC(=O)N([C@@H]4C[C@H]5CC[C@H]4C5)C3=O)cc2)c1. The van der Waals surface area contributed by atoms with Gasteiger partial charge in [0.2, 0.25) is 11.8 Å². The molecule has 10 heteroatoms. The molecule has 0 spiro atoms. The minimum atomic E-state index is -1.30. The van der Waals surface area contributed by atoms with Gasteiger partial charge >= 0.3 is 6.03 Å². The van der Waals surface area contributed by atoms with E-state index in [9.17, 15) is 24.0 Å². The lowest BCUT2D eigenvalue weighted by atomic mass is 9.92. The maximum atomic E-state index is 13.0. The van der Waals surface area contributed by atoms with E-state index in [1.54, 1.807) is 30.3 Å². The first kappa shape index (κ1) is 24.4. The Bertz CT molecular complexity index is 1300. The topological polar surface area (TPSA) is 137 Å². The summed E-state index contributed by atoms with van der Waals surface area (Å²) in [6.07, 6.45) is 4.90. The van der Waals surface area contributed by atoms with Crippen LogP contribution in [0.2, 0.25) is 0 Å². The van der Waals surface area contributed by atoms with Gasteiger partial charge in [-0.25, -0.2) is 10.2 Å². The Morgan fingerprint density at radius 3 is 2.46 bits per heavy atom. The van der Waals surface area contributed by atoms with Crippen LogP contribution >= 0.6 is 0 Å². The second-order valence-corrected chi connectivity index (χ2v) is 9.84. The van der Waals surface area contributed by atoms with E-state index in [1.165, 1.54) is 17.0 Å². The Morgan fingerprint density at radius 1 is 1.00 bits per heavy atom. The number of benzene rings is 2. The van der Waals surface area contributed by atoms with Gasteiger partial charge in [0, 0.05) is 29.1 Å². The number of carbonyl (C=O) groups is 5. The van der Waals surface area contributed by atoms with E-state index in [4.69, 9.17) is 0 Å². The number of rotatable bonds is 6. The van der Waals surface area contributed by atoms with Crippen LogP contribution < -0.4 is 16.1 Å². The number of urea groups is 1. The summed E-state index contributed by atoms with van der Waals surface area (Å²) in [5, 5.41) is 8.83. The molecule has 1 aliphatic heterocycles. The first-order valence-corrected chi connectivity index (χ1v) is 12.3. The van der Waals surface area contributed by atoms with Crippen LogP contribution in [0.25, 0.3) is 0 Å². The smallest absolute Gasteiger partial charge is 0.322 e. The molecule has 2 aliphatic carbocycles. The highest BCUT2D eigenvalue weighted by Crippen LogP contribution is 2.47.